The van der Waals surface area contributed by atoms with Crippen LogP contribution >= 0.6 is 0 Å². The molecule has 0 saturated heterocycles. The van der Waals surface area contributed by atoms with Crippen molar-refractivity contribution in [2.24, 2.45) is 0 Å². The van der Waals surface area contributed by atoms with Crippen LogP contribution in [0.1, 0.15) is 36.7 Å². The van der Waals surface area contributed by atoms with Crippen LogP contribution in [0, 0.1) is 23.0 Å². The SMILES string of the molecule is CC(O)C(c1c(F)c(C#N)nc(C(F)(F)F)c1F)C(C)O.[Cu]. The normalized spacial score (nSPS) is 15.5. The van der Waals surface area contributed by atoms with Crippen LogP contribution in [0.25, 0.3) is 0 Å². The van der Waals surface area contributed by atoms with Gasteiger partial charge in [0.2, 0.25) is 0 Å². The molecule has 1 heterocycles. The topological polar surface area (TPSA) is 77.1 Å². The largest absolute Gasteiger partial charge is 0.436 e. The van der Waals surface area contributed by atoms with E-state index in [0.717, 1.165) is 19.9 Å². The van der Waals surface area contributed by atoms with Crippen LogP contribution in [0.2, 0.25) is 0 Å². The second-order valence-corrected chi connectivity index (χ2v) is 4.47. The van der Waals surface area contributed by atoms with E-state index in [0.29, 0.717) is 0 Å². The molecule has 0 aromatic carbocycles. The fraction of sp³-hybridized carbons (Fsp3) is 0.500. The maximum absolute atomic E-state index is 14.0. The molecular formula is C12H11CuF5N2O2. The van der Waals surface area contributed by atoms with Crippen LogP contribution in [0.5, 0.6) is 0 Å². The average Bonchev–Trinajstić information content (AvgIpc) is 2.31. The molecule has 0 amide bonds. The van der Waals surface area contributed by atoms with Crippen molar-refractivity contribution in [2.45, 2.75) is 38.1 Å². The first kappa shape index (κ1) is 20.7. The van der Waals surface area contributed by atoms with E-state index in [1.165, 1.54) is 0 Å². The van der Waals surface area contributed by atoms with Gasteiger partial charge in [-0.1, -0.05) is 0 Å². The van der Waals surface area contributed by atoms with Gasteiger partial charge in [0, 0.05) is 28.6 Å². The number of aliphatic hydroxyl groups is 2. The van der Waals surface area contributed by atoms with Crippen molar-refractivity contribution in [1.29, 1.82) is 5.26 Å². The molecule has 1 radical (unpaired) electrons. The van der Waals surface area contributed by atoms with Crippen LogP contribution in [-0.4, -0.2) is 27.4 Å². The summed E-state index contributed by atoms with van der Waals surface area (Å²) in [7, 11) is 0. The molecule has 0 fully saturated rings. The Balaban J connectivity index is 0.00000441. The van der Waals surface area contributed by atoms with E-state index in [9.17, 15) is 32.2 Å². The first-order valence-electron chi connectivity index (χ1n) is 5.74. The number of rotatable bonds is 3. The Morgan fingerprint density at radius 1 is 1.09 bits per heavy atom. The van der Waals surface area contributed by atoms with Gasteiger partial charge in [-0.25, -0.2) is 13.8 Å². The molecule has 1 rings (SSSR count). The van der Waals surface area contributed by atoms with Gasteiger partial charge < -0.3 is 10.2 Å². The van der Waals surface area contributed by atoms with Gasteiger partial charge in [0.1, 0.15) is 6.07 Å². The molecule has 10 heteroatoms. The van der Waals surface area contributed by atoms with Crippen molar-refractivity contribution >= 4 is 0 Å². The molecule has 2 N–H and O–H groups in total. The first-order chi connectivity index (χ1) is 9.52. The average molecular weight is 374 g/mol. The number of hydrogen-bond acceptors (Lipinski definition) is 4. The quantitative estimate of drug-likeness (QED) is 0.628. The number of halogens is 5. The predicted octanol–water partition coefficient (Wildman–Crippen LogP) is 2.09. The van der Waals surface area contributed by atoms with Crippen LogP contribution in [-0.2, 0) is 23.2 Å². The van der Waals surface area contributed by atoms with Gasteiger partial charge in [-0.3, -0.25) is 0 Å². The van der Waals surface area contributed by atoms with Gasteiger partial charge in [-0.05, 0) is 13.8 Å². The van der Waals surface area contributed by atoms with E-state index < -0.39 is 52.9 Å². The molecular weight excluding hydrogens is 363 g/mol. The van der Waals surface area contributed by atoms with Crippen molar-refractivity contribution < 1.29 is 49.2 Å². The smallest absolute Gasteiger partial charge is 0.393 e. The van der Waals surface area contributed by atoms with Crippen molar-refractivity contribution in [3.63, 3.8) is 0 Å². The molecule has 1 aromatic rings. The maximum Gasteiger partial charge on any atom is 0.436 e. The summed E-state index contributed by atoms with van der Waals surface area (Å²) in [5.74, 6) is -5.36. The standard InChI is InChI=1S/C12H11F5N2O2.Cu/c1-4(20)7(5(2)21)8-9(13)6(3-18)19-11(10(8)14)12(15,16)17;/h4-5,7,20-21H,1-2H3;. The molecule has 0 aliphatic carbocycles. The predicted molar refractivity (Wildman–Crippen MR) is 60.0 cm³/mol. The molecule has 2 atom stereocenters. The van der Waals surface area contributed by atoms with Gasteiger partial charge >= 0.3 is 6.18 Å². The van der Waals surface area contributed by atoms with E-state index in [1.54, 1.807) is 0 Å². The summed E-state index contributed by atoms with van der Waals surface area (Å²) < 4.78 is 66.0. The van der Waals surface area contributed by atoms with Crippen molar-refractivity contribution in [3.8, 4) is 6.07 Å². The molecule has 127 valence electrons. The fourth-order valence-corrected chi connectivity index (χ4v) is 2.00. The van der Waals surface area contributed by atoms with Gasteiger partial charge in [0.25, 0.3) is 0 Å². The monoisotopic (exact) mass is 373 g/mol. The summed E-state index contributed by atoms with van der Waals surface area (Å²) >= 11 is 0. The Hall–Kier alpha value is -1.27. The molecule has 2 unspecified atom stereocenters. The van der Waals surface area contributed by atoms with E-state index in [4.69, 9.17) is 5.26 Å². The number of hydrogen-bond donors (Lipinski definition) is 2. The summed E-state index contributed by atoms with van der Waals surface area (Å²) in [6, 6.07) is 1.09. The molecule has 4 nitrogen and oxygen atoms in total. The second-order valence-electron chi connectivity index (χ2n) is 4.47. The van der Waals surface area contributed by atoms with Crippen molar-refractivity contribution in [1.82, 2.24) is 4.98 Å². The number of pyridine rings is 1. The number of aliphatic hydroxyl groups excluding tert-OH is 2. The van der Waals surface area contributed by atoms with E-state index in [2.05, 4.69) is 4.98 Å². The summed E-state index contributed by atoms with van der Waals surface area (Å²) in [6.45, 7) is 2.10. The molecule has 0 bridgehead atoms. The Bertz CT molecular complexity index is 576. The Labute approximate surface area is 133 Å². The van der Waals surface area contributed by atoms with E-state index in [-0.39, 0.29) is 17.1 Å². The van der Waals surface area contributed by atoms with Crippen molar-refractivity contribution in [2.75, 3.05) is 0 Å². The molecule has 0 saturated carbocycles. The third-order valence-electron chi connectivity index (χ3n) is 2.86. The minimum atomic E-state index is -5.25. The summed E-state index contributed by atoms with van der Waals surface area (Å²) in [5.41, 5.74) is -4.54. The van der Waals surface area contributed by atoms with Gasteiger partial charge in [-0.15, -0.1) is 0 Å². The van der Waals surface area contributed by atoms with Crippen LogP contribution < -0.4 is 0 Å². The zero-order valence-electron chi connectivity index (χ0n) is 11.2. The third kappa shape index (κ3) is 3.92. The number of nitrogens with zero attached hydrogens (tertiary/aromatic N) is 2. The van der Waals surface area contributed by atoms with E-state index >= 15 is 0 Å². The maximum atomic E-state index is 14.0. The minimum absolute atomic E-state index is 0. The Morgan fingerprint density at radius 2 is 1.55 bits per heavy atom. The number of aromatic nitrogens is 1. The van der Waals surface area contributed by atoms with Gasteiger partial charge in [-0.2, -0.15) is 18.4 Å². The third-order valence-corrected chi connectivity index (χ3v) is 2.86. The van der Waals surface area contributed by atoms with Crippen molar-refractivity contribution in [3.05, 3.63) is 28.6 Å². The van der Waals surface area contributed by atoms with Crippen LogP contribution in [0.3, 0.4) is 0 Å². The zero-order chi connectivity index (χ0) is 16.5. The van der Waals surface area contributed by atoms with Crippen LogP contribution in [0.4, 0.5) is 22.0 Å². The second kappa shape index (κ2) is 7.33. The van der Waals surface area contributed by atoms with E-state index in [1.807, 2.05) is 0 Å². The molecule has 0 aliphatic heterocycles. The Kier molecular flexibility index (Phi) is 6.91. The number of alkyl halides is 3. The molecule has 22 heavy (non-hydrogen) atoms. The first-order valence-corrected chi connectivity index (χ1v) is 5.74. The zero-order valence-corrected chi connectivity index (χ0v) is 12.2. The fourth-order valence-electron chi connectivity index (χ4n) is 2.00. The van der Waals surface area contributed by atoms with Gasteiger partial charge in [0.15, 0.2) is 23.0 Å². The molecule has 1 aromatic heterocycles. The molecule has 0 spiro atoms. The molecule has 0 aliphatic rings. The van der Waals surface area contributed by atoms with Gasteiger partial charge in [0.05, 0.1) is 12.2 Å². The van der Waals surface area contributed by atoms with Crippen LogP contribution in [0.15, 0.2) is 0 Å². The number of nitriles is 1. The summed E-state index contributed by atoms with van der Waals surface area (Å²) in [6.07, 6.45) is -8.35. The summed E-state index contributed by atoms with van der Waals surface area (Å²) in [5, 5.41) is 27.5. The minimum Gasteiger partial charge on any atom is -0.393 e. The Morgan fingerprint density at radius 3 is 1.86 bits per heavy atom. The summed E-state index contributed by atoms with van der Waals surface area (Å²) in [4.78, 5) is 2.62.